The monoisotopic (exact) mass is 392 g/mol. The molecular weight excluding hydrogens is 368 g/mol. The number of carbonyl (C=O) groups excluding carboxylic acids is 4. The molecule has 0 bridgehead atoms. The van der Waals surface area contributed by atoms with Gasteiger partial charge in [-0.2, -0.15) is 0 Å². The predicted octanol–water partition coefficient (Wildman–Crippen LogP) is 1.35. The average molecular weight is 392 g/mol. The van der Waals surface area contributed by atoms with Crippen LogP contribution in [0.25, 0.3) is 0 Å². The van der Waals surface area contributed by atoms with Crippen LogP contribution in [0.15, 0.2) is 24.3 Å². The van der Waals surface area contributed by atoms with Gasteiger partial charge in [-0.15, -0.1) is 0 Å². The van der Waals surface area contributed by atoms with Crippen molar-refractivity contribution in [3.8, 4) is 0 Å². The first-order valence-electron chi connectivity index (χ1n) is 8.54. The smallest absolute Gasteiger partial charge is 0.408 e. The number of rotatable bonds is 4. The first-order valence-corrected chi connectivity index (χ1v) is 8.54. The first-order chi connectivity index (χ1) is 13.0. The summed E-state index contributed by atoms with van der Waals surface area (Å²) in [6.45, 7) is 4.94. The van der Waals surface area contributed by atoms with Gasteiger partial charge in [0.2, 0.25) is 0 Å². The number of esters is 2. The maximum atomic E-state index is 13.3. The molecule has 2 rings (SSSR count). The second kappa shape index (κ2) is 7.49. The fourth-order valence-electron chi connectivity index (χ4n) is 3.21. The Balaban J connectivity index is 2.72. The lowest BCUT2D eigenvalue weighted by molar-refractivity contribution is -0.165. The molecule has 0 unspecified atom stereocenters. The number of para-hydroxylation sites is 1. The van der Waals surface area contributed by atoms with Gasteiger partial charge in [0, 0.05) is 18.3 Å². The highest BCUT2D eigenvalue weighted by Crippen LogP contribution is 2.45. The lowest BCUT2D eigenvalue weighted by Crippen LogP contribution is -2.62. The van der Waals surface area contributed by atoms with Crippen LogP contribution in [0.1, 0.15) is 26.3 Å². The average Bonchev–Trinajstić information content (AvgIpc) is 2.83. The highest BCUT2D eigenvalue weighted by molar-refractivity contribution is 6.15. The van der Waals surface area contributed by atoms with Crippen LogP contribution >= 0.6 is 0 Å². The van der Waals surface area contributed by atoms with Gasteiger partial charge in [0.05, 0.1) is 14.2 Å². The summed E-state index contributed by atoms with van der Waals surface area (Å²) in [6, 6.07) is 6.50. The second-order valence-corrected chi connectivity index (χ2v) is 7.30. The Kier molecular flexibility index (Phi) is 5.67. The lowest BCUT2D eigenvalue weighted by atomic mass is 9.78. The minimum atomic E-state index is -2.08. The molecule has 152 valence electrons. The van der Waals surface area contributed by atoms with E-state index < -0.39 is 41.0 Å². The molecule has 1 aromatic rings. The van der Waals surface area contributed by atoms with E-state index in [1.807, 2.05) is 0 Å². The number of anilines is 1. The molecule has 9 heteroatoms. The number of fused-ring (bicyclic) bond motifs is 1. The van der Waals surface area contributed by atoms with E-state index in [2.05, 4.69) is 5.32 Å². The number of likely N-dealkylation sites (N-methyl/N-ethyl adjacent to an activating group) is 1. The first kappa shape index (κ1) is 21.2. The van der Waals surface area contributed by atoms with Gasteiger partial charge in [0.25, 0.3) is 5.91 Å². The quantitative estimate of drug-likeness (QED) is 0.468. The van der Waals surface area contributed by atoms with Crippen LogP contribution in [0.3, 0.4) is 0 Å². The van der Waals surface area contributed by atoms with E-state index in [0.717, 1.165) is 14.2 Å². The zero-order valence-electron chi connectivity index (χ0n) is 16.7. The van der Waals surface area contributed by atoms with Crippen LogP contribution in [-0.4, -0.2) is 50.8 Å². The molecule has 1 atom stereocenters. The minimum absolute atomic E-state index is 0.258. The van der Waals surface area contributed by atoms with Crippen LogP contribution in [0, 0.1) is 5.92 Å². The number of hydrogen-bond donors (Lipinski definition) is 1. The number of nitrogens with one attached hydrogen (secondary N) is 1. The summed E-state index contributed by atoms with van der Waals surface area (Å²) >= 11 is 0. The third-order valence-corrected chi connectivity index (χ3v) is 4.34. The van der Waals surface area contributed by atoms with Crippen LogP contribution in [0.2, 0.25) is 0 Å². The fourth-order valence-corrected chi connectivity index (χ4v) is 3.21. The van der Waals surface area contributed by atoms with Gasteiger partial charge < -0.3 is 24.4 Å². The number of nitrogens with zero attached hydrogens (tertiary/aromatic N) is 1. The number of methoxy groups -OCH3 is 2. The molecule has 1 heterocycles. The molecule has 0 radical (unpaired) electrons. The summed E-state index contributed by atoms with van der Waals surface area (Å²) in [5.74, 6) is -4.52. The Hall–Kier alpha value is -3.10. The summed E-state index contributed by atoms with van der Waals surface area (Å²) in [4.78, 5) is 52.3. The van der Waals surface area contributed by atoms with Gasteiger partial charge in [0.1, 0.15) is 5.60 Å². The molecule has 9 nitrogen and oxygen atoms in total. The predicted molar refractivity (Wildman–Crippen MR) is 98.4 cm³/mol. The molecule has 0 aliphatic carbocycles. The highest BCUT2D eigenvalue weighted by atomic mass is 16.6. The Bertz CT molecular complexity index is 799. The SMILES string of the molecule is COC(=O)C(C(=O)OC)[C@]1(NC(=O)OC(C)(C)C)C(=O)N(C)c2ccccc21. The molecular formula is C19H24N2O7. The molecule has 0 saturated heterocycles. The number of carbonyl (C=O) groups is 4. The molecule has 1 aliphatic rings. The van der Waals surface area contributed by atoms with Gasteiger partial charge in [-0.05, 0) is 26.8 Å². The standard InChI is InChI=1S/C19H24N2O7/c1-18(2,3)28-17(25)20-19(13(14(22)26-5)15(23)27-6)11-9-7-8-10-12(11)21(4)16(19)24/h7-10,13H,1-6H3,(H,20,25)/t19-/m0/s1. The van der Waals surface area contributed by atoms with Crippen molar-refractivity contribution < 1.29 is 33.4 Å². The van der Waals surface area contributed by atoms with Gasteiger partial charge in [-0.1, -0.05) is 18.2 Å². The summed E-state index contributed by atoms with van der Waals surface area (Å²) in [5, 5.41) is 2.46. The Morgan fingerprint density at radius 2 is 1.61 bits per heavy atom. The van der Waals surface area contributed by atoms with Gasteiger partial charge in [-0.3, -0.25) is 14.4 Å². The number of alkyl carbamates (subject to hydrolysis) is 1. The topological polar surface area (TPSA) is 111 Å². The van der Waals surface area contributed by atoms with E-state index in [-0.39, 0.29) is 5.56 Å². The van der Waals surface area contributed by atoms with E-state index in [0.29, 0.717) is 5.69 Å². The molecule has 1 aromatic carbocycles. The number of amides is 2. The van der Waals surface area contributed by atoms with Crippen LogP contribution in [0.5, 0.6) is 0 Å². The summed E-state index contributed by atoms with van der Waals surface area (Å²) in [6.07, 6.45) is -0.969. The van der Waals surface area contributed by atoms with Crippen LogP contribution in [0.4, 0.5) is 10.5 Å². The van der Waals surface area contributed by atoms with Crippen molar-refractivity contribution in [3.63, 3.8) is 0 Å². The maximum absolute atomic E-state index is 13.3. The van der Waals surface area contributed by atoms with E-state index in [1.54, 1.807) is 45.0 Å². The molecule has 1 N–H and O–H groups in total. The Morgan fingerprint density at radius 1 is 1.07 bits per heavy atom. The number of ether oxygens (including phenoxy) is 3. The zero-order chi connectivity index (χ0) is 21.3. The van der Waals surface area contributed by atoms with Gasteiger partial charge in [0.15, 0.2) is 11.5 Å². The lowest BCUT2D eigenvalue weighted by Gasteiger charge is -2.34. The Morgan fingerprint density at radius 3 is 2.11 bits per heavy atom. The van der Waals surface area contributed by atoms with Gasteiger partial charge in [-0.25, -0.2) is 4.79 Å². The normalized spacial score (nSPS) is 18.5. The number of hydrogen-bond acceptors (Lipinski definition) is 7. The van der Waals surface area contributed by atoms with E-state index >= 15 is 0 Å². The van der Waals surface area contributed by atoms with Crippen LogP contribution < -0.4 is 10.2 Å². The molecule has 1 aliphatic heterocycles. The van der Waals surface area contributed by atoms with Crippen molar-refractivity contribution in [1.82, 2.24) is 5.32 Å². The Labute approximate surface area is 162 Å². The van der Waals surface area contributed by atoms with Crippen LogP contribution in [-0.2, 0) is 34.1 Å². The summed E-state index contributed by atoms with van der Waals surface area (Å²) in [7, 11) is 3.63. The van der Waals surface area contributed by atoms with E-state index in [9.17, 15) is 19.2 Å². The fraction of sp³-hybridized carbons (Fsp3) is 0.474. The molecule has 0 saturated carbocycles. The van der Waals surface area contributed by atoms with E-state index in [4.69, 9.17) is 14.2 Å². The number of benzene rings is 1. The van der Waals surface area contributed by atoms with Gasteiger partial charge >= 0.3 is 18.0 Å². The third kappa shape index (κ3) is 3.51. The van der Waals surface area contributed by atoms with E-state index in [1.165, 1.54) is 11.9 Å². The summed E-state index contributed by atoms with van der Waals surface area (Å²) < 4.78 is 14.8. The second-order valence-electron chi connectivity index (χ2n) is 7.30. The highest BCUT2D eigenvalue weighted by Gasteiger charge is 2.62. The van der Waals surface area contributed by atoms with Crippen molar-refractivity contribution in [2.75, 3.05) is 26.2 Å². The van der Waals surface area contributed by atoms with Crippen molar-refractivity contribution in [1.29, 1.82) is 0 Å². The third-order valence-electron chi connectivity index (χ3n) is 4.34. The molecule has 28 heavy (non-hydrogen) atoms. The molecule has 0 fully saturated rings. The van der Waals surface area contributed by atoms with Crippen molar-refractivity contribution >= 4 is 29.6 Å². The zero-order valence-corrected chi connectivity index (χ0v) is 16.7. The maximum Gasteiger partial charge on any atom is 0.408 e. The largest absolute Gasteiger partial charge is 0.468 e. The minimum Gasteiger partial charge on any atom is -0.468 e. The van der Waals surface area contributed by atoms with Crippen molar-refractivity contribution in [2.24, 2.45) is 5.92 Å². The molecule has 0 spiro atoms. The van der Waals surface area contributed by atoms with Crippen molar-refractivity contribution in [2.45, 2.75) is 31.9 Å². The summed E-state index contributed by atoms with van der Waals surface area (Å²) in [5.41, 5.74) is -2.26. The molecule has 2 amide bonds. The van der Waals surface area contributed by atoms with Crippen molar-refractivity contribution in [3.05, 3.63) is 29.8 Å². The molecule has 0 aromatic heterocycles.